The van der Waals surface area contributed by atoms with E-state index in [0.717, 1.165) is 93.6 Å². The van der Waals surface area contributed by atoms with Crippen molar-refractivity contribution in [3.05, 3.63) is 131 Å². The van der Waals surface area contributed by atoms with Crippen LogP contribution in [0.15, 0.2) is 109 Å². The van der Waals surface area contributed by atoms with Gasteiger partial charge < -0.3 is 38.1 Å². The van der Waals surface area contributed by atoms with E-state index >= 15 is 0 Å². The van der Waals surface area contributed by atoms with Crippen LogP contribution in [0.1, 0.15) is 87.1 Å². The van der Waals surface area contributed by atoms with E-state index in [1.165, 1.54) is 0 Å². The highest BCUT2D eigenvalue weighted by Crippen LogP contribution is 2.49. The van der Waals surface area contributed by atoms with Gasteiger partial charge in [-0.15, -0.1) is 0 Å². The summed E-state index contributed by atoms with van der Waals surface area (Å²) in [4.78, 5) is 60.0. The van der Waals surface area contributed by atoms with Crippen LogP contribution in [0.5, 0.6) is 11.5 Å². The van der Waals surface area contributed by atoms with E-state index in [0.29, 0.717) is 40.2 Å². The minimum Gasteiger partial charge on any atom is -0.497 e. The van der Waals surface area contributed by atoms with E-state index in [1.807, 2.05) is 84.9 Å². The molecule has 4 atom stereocenters. The number of nitrogens with one attached hydrogen (secondary N) is 4. The first-order valence-electron chi connectivity index (χ1n) is 24.7. The molecular weight excluding hydrogens is 937 g/mol. The Labute approximate surface area is 418 Å². The van der Waals surface area contributed by atoms with Crippen molar-refractivity contribution in [3.63, 3.8) is 0 Å². The lowest BCUT2D eigenvalue weighted by Gasteiger charge is -2.38. The summed E-state index contributed by atoms with van der Waals surface area (Å²) in [5.74, 6) is -0.131. The number of allylic oxidation sites excluding steroid dienone is 2. The van der Waals surface area contributed by atoms with E-state index in [4.69, 9.17) is 13.9 Å². The zero-order chi connectivity index (χ0) is 50.6. The maximum Gasteiger partial charge on any atom is 0.259 e. The number of carbonyl (C=O) groups is 4. The molecule has 2 aliphatic heterocycles. The zero-order valence-corrected chi connectivity index (χ0v) is 42.3. The number of aliphatic hydroxyl groups excluding tert-OH is 1. The molecular formula is C58H52N6O8Si. The van der Waals surface area contributed by atoms with Gasteiger partial charge in [-0.25, -0.2) is 0 Å². The molecule has 10 aromatic rings. The van der Waals surface area contributed by atoms with Gasteiger partial charge in [0.1, 0.15) is 11.5 Å². The average Bonchev–Trinajstić information content (AvgIpc) is 4.25. The lowest BCUT2D eigenvalue weighted by atomic mass is 9.96. The number of para-hydroxylation sites is 2. The first kappa shape index (κ1) is 44.9. The highest BCUT2D eigenvalue weighted by Gasteiger charge is 2.42. The summed E-state index contributed by atoms with van der Waals surface area (Å²) < 4.78 is 22.4. The number of aromatic amines is 2. The molecule has 4 aromatic heterocycles. The van der Waals surface area contributed by atoms with Gasteiger partial charge in [-0.2, -0.15) is 0 Å². The quantitative estimate of drug-likeness (QED) is 0.0620. The number of hydrogen-bond donors (Lipinski definition) is 5. The lowest BCUT2D eigenvalue weighted by molar-refractivity contribution is 0.0864. The van der Waals surface area contributed by atoms with E-state index in [9.17, 15) is 24.3 Å². The summed E-state index contributed by atoms with van der Waals surface area (Å²) in [6.45, 7) is 11.3. The summed E-state index contributed by atoms with van der Waals surface area (Å²) in [5.41, 5.74) is 8.82. The number of carbonyl (C=O) groups excluding carboxylic acids is 4. The van der Waals surface area contributed by atoms with Crippen LogP contribution in [0.4, 0.5) is 0 Å². The number of aromatic nitrogens is 4. The van der Waals surface area contributed by atoms with Crippen LogP contribution in [0.25, 0.3) is 87.2 Å². The third-order valence-corrected chi connectivity index (χ3v) is 20.6. The molecule has 15 heteroatoms. The summed E-state index contributed by atoms with van der Waals surface area (Å²) in [6.07, 6.45) is 9.04. The molecule has 6 aromatic carbocycles. The second kappa shape index (κ2) is 15.8. The fourth-order valence-electron chi connectivity index (χ4n) is 11.9. The Bertz CT molecular complexity index is 4200. The SMILES string of the molecule is COc1ccc2c(c1)c1c3c(c4c5ccccc5[nH]c4c1n2C1C=C[C@@H](O)C1)C(=O)NC3=O.COc1ccc2c(c1)c1c3c(c4c5ccccc5[nH]c4c1n2C1C=C[C@@H](O[Si](C)(C)C(C)(C)C)C1)C(=O)NC3=O. The fourth-order valence-corrected chi connectivity index (χ4v) is 13.2. The Hall–Kier alpha value is -7.98. The molecule has 0 saturated heterocycles. The lowest BCUT2D eigenvalue weighted by Crippen LogP contribution is -2.43. The van der Waals surface area contributed by atoms with Crippen LogP contribution < -0.4 is 20.1 Å². The number of methoxy groups -OCH3 is 2. The van der Waals surface area contributed by atoms with Crippen molar-refractivity contribution in [2.45, 2.75) is 76.0 Å². The summed E-state index contributed by atoms with van der Waals surface area (Å²) in [5, 5.41) is 22.0. The fraction of sp³-hybridized carbons (Fsp3) is 0.241. The van der Waals surface area contributed by atoms with Crippen LogP contribution in [-0.4, -0.2) is 82.6 Å². The number of fused-ring (bicyclic) bond motifs is 20. The van der Waals surface area contributed by atoms with Crippen LogP contribution in [0, 0.1) is 0 Å². The van der Waals surface area contributed by atoms with Crippen LogP contribution in [-0.2, 0) is 4.43 Å². The third-order valence-electron chi connectivity index (χ3n) is 16.1. The Morgan fingerprint density at radius 1 is 0.562 bits per heavy atom. The number of rotatable bonds is 6. The standard InChI is InChI=1S/C32H33N3O4Si.C26H19N3O4/c1-32(2,3)40(5,6)39-19-12-11-17(15-19)35-23-14-13-18(38-4)16-21(23)25-27-26(30(36)34-31(27)37)24-20-9-7-8-10-22(20)33-28(24)29(25)35;1-33-14-8-9-18-16(11-14)20-22-21(25(31)28-26(22)32)19-15-4-2-3-5-17(15)27-23(19)24(20)29(18)12-6-7-13(30)10-12/h7-14,16-17,19,33H,15H2,1-6H3,(H,34,36,37);2-9,11-13,27,30H,10H2,1H3,(H,28,31,32)/t17?,19-;12?,13-/m11/s1. The molecule has 6 heterocycles. The minimum absolute atomic E-state index is 0.00847. The monoisotopic (exact) mass is 988 g/mol. The van der Waals surface area contributed by atoms with Gasteiger partial charge in [0.2, 0.25) is 0 Å². The van der Waals surface area contributed by atoms with Gasteiger partial charge in [-0.05, 0) is 66.7 Å². The smallest absolute Gasteiger partial charge is 0.259 e. The topological polar surface area (TPSA) is 182 Å². The van der Waals surface area contributed by atoms with Crippen LogP contribution in [0.2, 0.25) is 18.1 Å². The van der Waals surface area contributed by atoms with Gasteiger partial charge in [0.05, 0.1) is 93.9 Å². The summed E-state index contributed by atoms with van der Waals surface area (Å²) in [6, 6.07) is 27.4. The van der Waals surface area contributed by atoms with Gasteiger partial charge in [-0.3, -0.25) is 29.8 Å². The second-order valence-corrected chi connectivity index (χ2v) is 26.0. The van der Waals surface area contributed by atoms with Crippen LogP contribution in [0.3, 0.4) is 0 Å². The molecule has 0 bridgehead atoms. The number of imide groups is 2. The largest absolute Gasteiger partial charge is 0.497 e. The van der Waals surface area contributed by atoms with Gasteiger partial charge in [0.15, 0.2) is 8.32 Å². The Balaban J connectivity index is 0.000000144. The molecule has 73 heavy (non-hydrogen) atoms. The number of H-pyrrole nitrogens is 2. The predicted molar refractivity (Wildman–Crippen MR) is 288 cm³/mol. The second-order valence-electron chi connectivity index (χ2n) is 21.2. The van der Waals surface area contributed by atoms with E-state index in [-0.39, 0.29) is 40.9 Å². The van der Waals surface area contributed by atoms with Gasteiger partial charge in [0, 0.05) is 67.0 Å². The zero-order valence-electron chi connectivity index (χ0n) is 41.3. The molecule has 0 radical (unpaired) electrons. The number of hydrogen-bond acceptors (Lipinski definition) is 8. The molecule has 366 valence electrons. The molecule has 14 nitrogen and oxygen atoms in total. The maximum absolute atomic E-state index is 13.4. The van der Waals surface area contributed by atoms with Crippen molar-refractivity contribution in [3.8, 4) is 11.5 Å². The molecule has 2 unspecified atom stereocenters. The predicted octanol–water partition coefficient (Wildman–Crippen LogP) is 11.4. The van der Waals surface area contributed by atoms with Crippen molar-refractivity contribution in [2.24, 2.45) is 0 Å². The van der Waals surface area contributed by atoms with Gasteiger partial charge in [0.25, 0.3) is 23.6 Å². The number of benzene rings is 6. The van der Waals surface area contributed by atoms with E-state index in [2.05, 4.69) is 81.8 Å². The van der Waals surface area contributed by atoms with Crippen molar-refractivity contribution in [1.29, 1.82) is 0 Å². The highest BCUT2D eigenvalue weighted by atomic mass is 28.4. The van der Waals surface area contributed by atoms with E-state index in [1.54, 1.807) is 20.3 Å². The van der Waals surface area contributed by atoms with E-state index < -0.39 is 20.3 Å². The molecule has 4 amide bonds. The van der Waals surface area contributed by atoms with Gasteiger partial charge in [-0.1, -0.05) is 81.5 Å². The molecule has 14 rings (SSSR count). The van der Waals surface area contributed by atoms with Crippen molar-refractivity contribution >= 4 is 119 Å². The highest BCUT2D eigenvalue weighted by molar-refractivity contribution is 6.74. The van der Waals surface area contributed by atoms with Crippen molar-refractivity contribution < 1.29 is 38.2 Å². The minimum atomic E-state index is -1.97. The first-order chi connectivity index (χ1) is 35.1. The molecule has 0 spiro atoms. The molecule has 0 fully saturated rings. The summed E-state index contributed by atoms with van der Waals surface area (Å²) >= 11 is 0. The number of nitrogens with zero attached hydrogens (tertiary/aromatic N) is 2. The normalized spacial score (nSPS) is 19.7. The summed E-state index contributed by atoms with van der Waals surface area (Å²) in [7, 11) is 1.27. The Morgan fingerprint density at radius 2 is 1.00 bits per heavy atom. The molecule has 4 aliphatic rings. The Morgan fingerprint density at radius 3 is 1.44 bits per heavy atom. The average molecular weight is 989 g/mol. The van der Waals surface area contributed by atoms with Gasteiger partial charge >= 0.3 is 0 Å². The van der Waals surface area contributed by atoms with Crippen LogP contribution >= 0.6 is 0 Å². The first-order valence-corrected chi connectivity index (χ1v) is 27.6. The molecule has 0 saturated carbocycles. The number of ether oxygens (including phenoxy) is 2. The molecule has 5 N–H and O–H groups in total. The maximum atomic E-state index is 13.4. The number of aliphatic hydroxyl groups is 1. The Kier molecular flexibility index (Phi) is 9.70. The third kappa shape index (κ3) is 6.41. The number of amides is 4. The molecule has 2 aliphatic carbocycles. The van der Waals surface area contributed by atoms with Crippen molar-refractivity contribution in [1.82, 2.24) is 29.7 Å². The van der Waals surface area contributed by atoms with Crippen molar-refractivity contribution in [2.75, 3.05) is 14.2 Å².